The molecule has 1 aromatic rings. The number of carbonyl (C=O) groups is 1. The maximum atomic E-state index is 12.8. The molecule has 5 rings (SSSR count). The molecule has 1 aliphatic carbocycles. The van der Waals surface area contributed by atoms with Crippen molar-refractivity contribution in [3.05, 3.63) is 18.0 Å². The fourth-order valence-electron chi connectivity index (χ4n) is 5.32. The number of rotatable bonds is 5. The van der Waals surface area contributed by atoms with Gasteiger partial charge in [0.1, 0.15) is 5.69 Å². The van der Waals surface area contributed by atoms with E-state index in [1.54, 1.807) is 10.9 Å². The lowest BCUT2D eigenvalue weighted by Gasteiger charge is -2.63. The van der Waals surface area contributed by atoms with Crippen molar-refractivity contribution >= 4 is 5.91 Å². The van der Waals surface area contributed by atoms with E-state index >= 15 is 0 Å². The van der Waals surface area contributed by atoms with Gasteiger partial charge in [-0.15, -0.1) is 0 Å². The Labute approximate surface area is 166 Å². The molecular weight excluding hydrogens is 356 g/mol. The molecule has 1 aromatic heterocycles. The fraction of sp³-hybridized carbons (Fsp3) is 0.810. The summed E-state index contributed by atoms with van der Waals surface area (Å²) in [5, 5.41) is 4.13. The van der Waals surface area contributed by atoms with Crippen molar-refractivity contribution in [3.8, 4) is 0 Å². The van der Waals surface area contributed by atoms with E-state index < -0.39 is 0 Å². The molecule has 7 nitrogen and oxygen atoms in total. The summed E-state index contributed by atoms with van der Waals surface area (Å²) in [6, 6.07) is 2.36. The summed E-state index contributed by atoms with van der Waals surface area (Å²) in [5.74, 6) is 0.917. The van der Waals surface area contributed by atoms with Crippen LogP contribution in [0.2, 0.25) is 0 Å². The number of aromatic nitrogens is 2. The van der Waals surface area contributed by atoms with Crippen LogP contribution in [0.1, 0.15) is 49.0 Å². The van der Waals surface area contributed by atoms with Crippen LogP contribution >= 0.6 is 0 Å². The highest BCUT2D eigenvalue weighted by atomic mass is 16.5. The Bertz CT molecular complexity index is 702. The summed E-state index contributed by atoms with van der Waals surface area (Å²) < 4.78 is 13.7. The average Bonchev–Trinajstić information content (AvgIpc) is 3.46. The second kappa shape index (κ2) is 7.43. The highest BCUT2D eigenvalue weighted by Gasteiger charge is 2.57. The van der Waals surface area contributed by atoms with Gasteiger partial charge in [-0.25, -0.2) is 0 Å². The van der Waals surface area contributed by atoms with Gasteiger partial charge in [-0.3, -0.25) is 14.4 Å². The molecule has 4 heterocycles. The van der Waals surface area contributed by atoms with Gasteiger partial charge in [0.05, 0.1) is 11.6 Å². The third kappa shape index (κ3) is 3.27. The molecule has 1 spiro atoms. The molecule has 1 atom stereocenters. The number of ether oxygens (including phenoxy) is 2. The number of hydrogen-bond acceptors (Lipinski definition) is 5. The molecule has 0 N–H and O–H groups in total. The van der Waals surface area contributed by atoms with Crippen molar-refractivity contribution in [2.24, 2.45) is 13.0 Å². The molecule has 28 heavy (non-hydrogen) atoms. The van der Waals surface area contributed by atoms with Crippen molar-refractivity contribution in [2.75, 3.05) is 39.5 Å². The highest BCUT2D eigenvalue weighted by molar-refractivity contribution is 5.92. The molecule has 3 saturated heterocycles. The average molecular weight is 389 g/mol. The van der Waals surface area contributed by atoms with Crippen LogP contribution in [0.4, 0.5) is 0 Å². The standard InChI is InChI=1S/C21H32N4O3/c1-23-18(4-9-22-23)20(26)24-10-5-17(6-11-24)25-14-19(28-15-16-2-3-16)21(25)7-12-27-13-8-21/h4,9,16-17,19H,2-3,5-8,10-15H2,1H3. The minimum atomic E-state index is 0.105. The first-order valence-corrected chi connectivity index (χ1v) is 10.9. The van der Waals surface area contributed by atoms with Crippen molar-refractivity contribution in [2.45, 2.75) is 56.2 Å². The lowest BCUT2D eigenvalue weighted by atomic mass is 9.73. The molecule has 0 radical (unpaired) electrons. The van der Waals surface area contributed by atoms with Gasteiger partial charge in [0, 0.05) is 58.7 Å². The molecule has 0 aromatic carbocycles. The molecule has 3 aliphatic heterocycles. The Balaban J connectivity index is 1.20. The van der Waals surface area contributed by atoms with Crippen LogP contribution in [0.25, 0.3) is 0 Å². The maximum Gasteiger partial charge on any atom is 0.272 e. The third-order valence-corrected chi connectivity index (χ3v) is 7.36. The van der Waals surface area contributed by atoms with E-state index in [0.717, 1.165) is 71.1 Å². The van der Waals surface area contributed by atoms with E-state index in [9.17, 15) is 4.79 Å². The summed E-state index contributed by atoms with van der Waals surface area (Å²) >= 11 is 0. The van der Waals surface area contributed by atoms with Crippen LogP contribution in [-0.4, -0.2) is 82.6 Å². The quantitative estimate of drug-likeness (QED) is 0.768. The van der Waals surface area contributed by atoms with Crippen LogP contribution < -0.4 is 0 Å². The van der Waals surface area contributed by atoms with E-state index in [4.69, 9.17) is 9.47 Å². The van der Waals surface area contributed by atoms with Gasteiger partial charge in [0.25, 0.3) is 5.91 Å². The van der Waals surface area contributed by atoms with Crippen molar-refractivity contribution in [1.29, 1.82) is 0 Å². The molecule has 7 heteroatoms. The number of piperidine rings is 1. The first kappa shape index (κ1) is 18.6. The monoisotopic (exact) mass is 388 g/mol. The second-order valence-corrected chi connectivity index (χ2v) is 9.00. The maximum absolute atomic E-state index is 12.8. The predicted octanol–water partition coefficient (Wildman–Crippen LogP) is 1.68. The Morgan fingerprint density at radius 3 is 2.64 bits per heavy atom. The zero-order valence-electron chi connectivity index (χ0n) is 16.9. The lowest BCUT2D eigenvalue weighted by Crippen LogP contribution is -2.76. The van der Waals surface area contributed by atoms with Gasteiger partial charge in [-0.05, 0) is 50.5 Å². The Kier molecular flexibility index (Phi) is 4.93. The van der Waals surface area contributed by atoms with E-state index in [1.165, 1.54) is 12.8 Å². The Hall–Kier alpha value is -1.44. The smallest absolute Gasteiger partial charge is 0.272 e. The normalized spacial score (nSPS) is 28.5. The molecule has 0 bridgehead atoms. The molecule has 4 fully saturated rings. The number of hydrogen-bond donors (Lipinski definition) is 0. The van der Waals surface area contributed by atoms with Gasteiger partial charge in [-0.1, -0.05) is 0 Å². The van der Waals surface area contributed by atoms with Gasteiger partial charge in [-0.2, -0.15) is 5.10 Å². The minimum absolute atomic E-state index is 0.105. The number of amides is 1. The van der Waals surface area contributed by atoms with Gasteiger partial charge in [0.15, 0.2) is 0 Å². The zero-order chi connectivity index (χ0) is 19.1. The summed E-state index contributed by atoms with van der Waals surface area (Å²) in [6.07, 6.45) is 8.99. The zero-order valence-corrected chi connectivity index (χ0v) is 16.9. The predicted molar refractivity (Wildman–Crippen MR) is 104 cm³/mol. The topological polar surface area (TPSA) is 59.8 Å². The summed E-state index contributed by atoms with van der Waals surface area (Å²) in [6.45, 7) is 5.33. The summed E-state index contributed by atoms with van der Waals surface area (Å²) in [4.78, 5) is 17.5. The summed E-state index contributed by atoms with van der Waals surface area (Å²) in [5.41, 5.74) is 0.850. The fourth-order valence-corrected chi connectivity index (χ4v) is 5.32. The molecule has 154 valence electrons. The van der Waals surface area contributed by atoms with E-state index in [0.29, 0.717) is 17.8 Å². The summed E-state index contributed by atoms with van der Waals surface area (Å²) in [7, 11) is 1.83. The van der Waals surface area contributed by atoms with Crippen LogP contribution in [0.3, 0.4) is 0 Å². The minimum Gasteiger partial charge on any atom is -0.381 e. The number of likely N-dealkylation sites (tertiary alicyclic amines) is 2. The van der Waals surface area contributed by atoms with Crippen molar-refractivity contribution in [1.82, 2.24) is 19.6 Å². The number of carbonyl (C=O) groups excluding carboxylic acids is 1. The van der Waals surface area contributed by atoms with Gasteiger partial charge in [0.2, 0.25) is 0 Å². The van der Waals surface area contributed by atoms with Crippen LogP contribution in [0.5, 0.6) is 0 Å². The molecule has 4 aliphatic rings. The van der Waals surface area contributed by atoms with Gasteiger partial charge < -0.3 is 14.4 Å². The number of aryl methyl sites for hydroxylation is 1. The Morgan fingerprint density at radius 2 is 2.00 bits per heavy atom. The molecule has 1 amide bonds. The third-order valence-electron chi connectivity index (χ3n) is 7.36. The first-order valence-electron chi connectivity index (χ1n) is 10.9. The van der Waals surface area contributed by atoms with Crippen LogP contribution in [0, 0.1) is 5.92 Å². The lowest BCUT2D eigenvalue weighted by molar-refractivity contribution is -0.217. The van der Waals surface area contributed by atoms with Crippen LogP contribution in [0.15, 0.2) is 12.3 Å². The van der Waals surface area contributed by atoms with Crippen molar-refractivity contribution < 1.29 is 14.3 Å². The first-order chi connectivity index (χ1) is 13.7. The SMILES string of the molecule is Cn1nccc1C(=O)N1CCC(N2CC(OCC3CC3)C23CCOCC3)CC1. The highest BCUT2D eigenvalue weighted by Crippen LogP contribution is 2.45. The van der Waals surface area contributed by atoms with Crippen LogP contribution in [-0.2, 0) is 16.5 Å². The second-order valence-electron chi connectivity index (χ2n) is 9.00. The largest absolute Gasteiger partial charge is 0.381 e. The molecular formula is C21H32N4O3. The number of nitrogens with zero attached hydrogens (tertiary/aromatic N) is 4. The van der Waals surface area contributed by atoms with E-state index in [1.807, 2.05) is 18.0 Å². The molecule has 1 unspecified atom stereocenters. The Morgan fingerprint density at radius 1 is 1.25 bits per heavy atom. The van der Waals surface area contributed by atoms with Gasteiger partial charge >= 0.3 is 0 Å². The molecule has 1 saturated carbocycles. The van der Waals surface area contributed by atoms with E-state index in [-0.39, 0.29) is 11.4 Å². The van der Waals surface area contributed by atoms with E-state index in [2.05, 4.69) is 10.00 Å². The van der Waals surface area contributed by atoms with Crippen molar-refractivity contribution in [3.63, 3.8) is 0 Å².